The van der Waals surface area contributed by atoms with E-state index < -0.39 is 0 Å². The molecule has 42 valence electrons. The van der Waals surface area contributed by atoms with Crippen LogP contribution in [0.25, 0.3) is 0 Å². The lowest BCUT2D eigenvalue weighted by Gasteiger charge is -1.72. The van der Waals surface area contributed by atoms with E-state index in [0.29, 0.717) is 3.58 Å². The minimum atomic E-state index is 0.709. The molecule has 0 unspecified atom stereocenters. The van der Waals surface area contributed by atoms with E-state index in [-0.39, 0.29) is 0 Å². The highest BCUT2D eigenvalue weighted by atomic mass is 127. The molecule has 0 heterocycles. The molecule has 8 heavy (non-hydrogen) atoms. The first-order chi connectivity index (χ1) is 3.81. The second-order valence-corrected chi connectivity index (χ2v) is 2.31. The monoisotopic (exact) mass is 219 g/mol. The highest BCUT2D eigenvalue weighted by molar-refractivity contribution is 14.1. The molecule has 0 fully saturated rings. The Morgan fingerprint density at radius 1 is 1.75 bits per heavy atom. The van der Waals surface area contributed by atoms with Crippen molar-refractivity contribution in [1.29, 1.82) is 5.26 Å². The first-order valence-electron chi connectivity index (χ1n) is 2.20. The summed E-state index contributed by atoms with van der Waals surface area (Å²) in [5.74, 6) is 0. The molecule has 0 atom stereocenters. The smallest absolute Gasteiger partial charge is 0.106 e. The molecule has 2 heteroatoms. The number of hydrogen-bond donors (Lipinski definition) is 0. The van der Waals surface area contributed by atoms with E-state index in [1.807, 2.05) is 47.7 Å². The van der Waals surface area contributed by atoms with Crippen LogP contribution < -0.4 is 0 Å². The van der Waals surface area contributed by atoms with Crippen molar-refractivity contribution in [2.45, 2.75) is 6.92 Å². The second-order valence-electron chi connectivity index (χ2n) is 1.15. The quantitative estimate of drug-likeness (QED) is 0.377. The number of nitrogens with zero attached hydrogens (tertiary/aromatic N) is 1. The summed E-state index contributed by atoms with van der Waals surface area (Å²) in [6.45, 7) is 1.91. The third-order valence-electron chi connectivity index (χ3n) is 0.542. The lowest BCUT2D eigenvalue weighted by atomic mass is 10.5. The van der Waals surface area contributed by atoms with Gasteiger partial charge in [0.05, 0.1) is 3.58 Å². The van der Waals surface area contributed by atoms with Gasteiger partial charge in [0.15, 0.2) is 0 Å². The van der Waals surface area contributed by atoms with Crippen molar-refractivity contribution in [1.82, 2.24) is 0 Å². The number of rotatable bonds is 1. The molecule has 0 aromatic rings. The minimum absolute atomic E-state index is 0.709. The van der Waals surface area contributed by atoms with E-state index in [9.17, 15) is 0 Å². The van der Waals surface area contributed by atoms with Gasteiger partial charge in [0.1, 0.15) is 6.07 Å². The Balaban J connectivity index is 3.81. The van der Waals surface area contributed by atoms with Crippen LogP contribution >= 0.6 is 22.6 Å². The molecule has 1 nitrogen and oxygen atoms in total. The zero-order chi connectivity index (χ0) is 6.41. The Bertz CT molecular complexity index is 150. The molecule has 0 rings (SSSR count). The molecule has 0 aromatic carbocycles. The number of allylic oxidation sites excluding steroid dienone is 4. The van der Waals surface area contributed by atoms with Crippen LogP contribution in [0.1, 0.15) is 6.92 Å². The van der Waals surface area contributed by atoms with Crippen LogP contribution in [0.3, 0.4) is 0 Å². The van der Waals surface area contributed by atoms with E-state index in [4.69, 9.17) is 5.26 Å². The Morgan fingerprint density at radius 2 is 2.38 bits per heavy atom. The summed E-state index contributed by atoms with van der Waals surface area (Å²) in [6, 6.07) is 2.00. The van der Waals surface area contributed by atoms with Crippen molar-refractivity contribution >= 4 is 22.6 Å². The molecule has 0 aromatic heterocycles. The van der Waals surface area contributed by atoms with Crippen LogP contribution in [0, 0.1) is 11.3 Å². The summed E-state index contributed by atoms with van der Waals surface area (Å²) in [4.78, 5) is 0. The molecule has 0 aliphatic heterocycles. The average Bonchev–Trinajstić information content (AvgIpc) is 1.83. The number of nitriles is 1. The average molecular weight is 219 g/mol. The van der Waals surface area contributed by atoms with Crippen molar-refractivity contribution in [2.75, 3.05) is 0 Å². The molecular formula is C6H6IN. The van der Waals surface area contributed by atoms with Gasteiger partial charge in [0.25, 0.3) is 0 Å². The van der Waals surface area contributed by atoms with Crippen molar-refractivity contribution in [3.8, 4) is 6.07 Å². The van der Waals surface area contributed by atoms with E-state index in [0.717, 1.165) is 0 Å². The maximum Gasteiger partial charge on any atom is 0.106 e. The summed E-state index contributed by atoms with van der Waals surface area (Å²) >= 11 is 1.98. The van der Waals surface area contributed by atoms with Crippen molar-refractivity contribution in [3.05, 3.63) is 21.8 Å². The lowest BCUT2D eigenvalue weighted by Crippen LogP contribution is -1.55. The summed E-state index contributed by atoms with van der Waals surface area (Å²) in [5.41, 5.74) is 0. The number of hydrogen-bond acceptors (Lipinski definition) is 1. The van der Waals surface area contributed by atoms with Gasteiger partial charge in [-0.3, -0.25) is 0 Å². The number of halogens is 1. The maximum atomic E-state index is 8.20. The normalized spacial score (nSPS) is 11.9. The largest absolute Gasteiger partial charge is 0.192 e. The maximum absolute atomic E-state index is 8.20. The SMILES string of the molecule is C/C=C/C=C(/I)C#N. The van der Waals surface area contributed by atoms with E-state index >= 15 is 0 Å². The summed E-state index contributed by atoms with van der Waals surface area (Å²) < 4.78 is 0.709. The van der Waals surface area contributed by atoms with Crippen LogP contribution in [-0.2, 0) is 0 Å². The fourth-order valence-corrected chi connectivity index (χ4v) is 0.426. The highest BCUT2D eigenvalue weighted by Gasteiger charge is 1.77. The third-order valence-corrected chi connectivity index (χ3v) is 1.14. The fourth-order valence-electron chi connectivity index (χ4n) is 0.218. The molecule has 0 saturated heterocycles. The first kappa shape index (κ1) is 7.70. The van der Waals surface area contributed by atoms with Crippen molar-refractivity contribution in [2.24, 2.45) is 0 Å². The van der Waals surface area contributed by atoms with Gasteiger partial charge < -0.3 is 0 Å². The second kappa shape index (κ2) is 4.85. The molecule has 0 spiro atoms. The van der Waals surface area contributed by atoms with Gasteiger partial charge in [-0.05, 0) is 35.6 Å². The molecule has 0 amide bonds. The van der Waals surface area contributed by atoms with Gasteiger partial charge in [-0.25, -0.2) is 0 Å². The molecule has 0 aliphatic rings. The zero-order valence-electron chi connectivity index (χ0n) is 4.56. The van der Waals surface area contributed by atoms with Crippen molar-refractivity contribution in [3.63, 3.8) is 0 Å². The van der Waals surface area contributed by atoms with Gasteiger partial charge in [-0.2, -0.15) is 5.26 Å². The van der Waals surface area contributed by atoms with E-state index in [2.05, 4.69) is 0 Å². The van der Waals surface area contributed by atoms with Crippen LogP contribution in [0.5, 0.6) is 0 Å². The fraction of sp³-hybridized carbons (Fsp3) is 0.167. The molecule has 0 bridgehead atoms. The van der Waals surface area contributed by atoms with Crippen LogP contribution in [0.15, 0.2) is 21.8 Å². The lowest BCUT2D eigenvalue weighted by molar-refractivity contribution is 1.53. The first-order valence-corrected chi connectivity index (χ1v) is 3.27. The highest BCUT2D eigenvalue weighted by Crippen LogP contribution is 2.01. The molecular weight excluding hydrogens is 213 g/mol. The third kappa shape index (κ3) is 3.88. The van der Waals surface area contributed by atoms with Gasteiger partial charge in [0, 0.05) is 0 Å². The Labute approximate surface area is 62.8 Å². The predicted octanol–water partition coefficient (Wildman–Crippen LogP) is 2.40. The molecule has 0 radical (unpaired) electrons. The van der Waals surface area contributed by atoms with Crippen LogP contribution in [0.2, 0.25) is 0 Å². The standard InChI is InChI=1S/C6H6IN/c1-2-3-4-6(7)5-8/h2-4H,1H3/b3-2+,6-4+. The van der Waals surface area contributed by atoms with Crippen molar-refractivity contribution < 1.29 is 0 Å². The van der Waals surface area contributed by atoms with Gasteiger partial charge in [0.2, 0.25) is 0 Å². The van der Waals surface area contributed by atoms with Gasteiger partial charge >= 0.3 is 0 Å². The van der Waals surface area contributed by atoms with E-state index in [1.54, 1.807) is 6.08 Å². The van der Waals surface area contributed by atoms with Crippen LogP contribution in [0.4, 0.5) is 0 Å². The molecule has 0 aliphatic carbocycles. The topological polar surface area (TPSA) is 23.8 Å². The van der Waals surface area contributed by atoms with E-state index in [1.165, 1.54) is 0 Å². The van der Waals surface area contributed by atoms with Gasteiger partial charge in [-0.1, -0.05) is 12.2 Å². The zero-order valence-corrected chi connectivity index (χ0v) is 6.71. The Hall–Kier alpha value is -0.300. The predicted molar refractivity (Wildman–Crippen MR) is 42.5 cm³/mol. The molecule has 0 saturated carbocycles. The Kier molecular flexibility index (Phi) is 4.67. The van der Waals surface area contributed by atoms with Gasteiger partial charge in [-0.15, -0.1) is 0 Å². The summed E-state index contributed by atoms with van der Waals surface area (Å²) in [7, 11) is 0. The van der Waals surface area contributed by atoms with Crippen LogP contribution in [-0.4, -0.2) is 0 Å². The minimum Gasteiger partial charge on any atom is -0.192 e. The Morgan fingerprint density at radius 3 is 2.75 bits per heavy atom. The summed E-state index contributed by atoms with van der Waals surface area (Å²) in [6.07, 6.45) is 5.49. The summed E-state index contributed by atoms with van der Waals surface area (Å²) in [5, 5.41) is 8.20. The molecule has 0 N–H and O–H groups in total.